The number of fused-ring (bicyclic) bond motifs is 1. The molecule has 4 nitrogen and oxygen atoms in total. The van der Waals surface area contributed by atoms with Crippen LogP contribution in [0, 0.1) is 0 Å². The molecule has 0 atom stereocenters. The number of hydrogen-bond acceptors (Lipinski definition) is 3. The molecule has 2 aromatic carbocycles. The quantitative estimate of drug-likeness (QED) is 0.692. The van der Waals surface area contributed by atoms with Crippen molar-refractivity contribution in [3.63, 3.8) is 0 Å². The average molecular weight is 343 g/mol. The Morgan fingerprint density at radius 2 is 1.76 bits per heavy atom. The van der Waals surface area contributed by atoms with E-state index in [1.165, 1.54) is 0 Å². The predicted octanol–water partition coefficient (Wildman–Crippen LogP) is 4.61. The Morgan fingerprint density at radius 1 is 1.05 bits per heavy atom. The first-order chi connectivity index (χ1) is 10.2. The fourth-order valence-corrected chi connectivity index (χ4v) is 2.40. The number of amides is 1. The van der Waals surface area contributed by atoms with Crippen LogP contribution in [0.3, 0.4) is 0 Å². The van der Waals surface area contributed by atoms with Gasteiger partial charge in [0.05, 0.1) is 5.69 Å². The second kappa shape index (κ2) is 5.93. The van der Waals surface area contributed by atoms with Gasteiger partial charge >= 0.3 is 6.09 Å². The molecular weight excluding hydrogens is 332 g/mol. The van der Waals surface area contributed by atoms with Gasteiger partial charge in [0, 0.05) is 17.0 Å². The first-order valence-corrected chi connectivity index (χ1v) is 7.10. The number of anilines is 1. The van der Waals surface area contributed by atoms with E-state index in [2.05, 4.69) is 26.2 Å². The van der Waals surface area contributed by atoms with Crippen LogP contribution in [-0.4, -0.2) is 11.1 Å². The molecule has 0 saturated heterocycles. The predicted molar refractivity (Wildman–Crippen MR) is 85.5 cm³/mol. The number of ether oxygens (including phenoxy) is 1. The Morgan fingerprint density at radius 3 is 2.57 bits per heavy atom. The molecule has 0 saturated carbocycles. The van der Waals surface area contributed by atoms with Crippen LogP contribution in [0.15, 0.2) is 65.4 Å². The van der Waals surface area contributed by atoms with Gasteiger partial charge in [0.1, 0.15) is 10.4 Å². The molecule has 1 heterocycles. The second-order valence-electron chi connectivity index (χ2n) is 4.34. The van der Waals surface area contributed by atoms with E-state index in [-0.39, 0.29) is 0 Å². The Hall–Kier alpha value is -2.40. The average Bonchev–Trinajstić information content (AvgIpc) is 2.51. The molecule has 3 rings (SSSR count). The van der Waals surface area contributed by atoms with Crippen LogP contribution in [0.25, 0.3) is 10.8 Å². The van der Waals surface area contributed by atoms with E-state index < -0.39 is 6.09 Å². The van der Waals surface area contributed by atoms with Gasteiger partial charge in [-0.2, -0.15) is 0 Å². The van der Waals surface area contributed by atoms with Crippen molar-refractivity contribution < 1.29 is 9.53 Å². The largest absolute Gasteiger partial charge is 0.417 e. The zero-order chi connectivity index (χ0) is 14.7. The number of rotatable bonds is 2. The molecule has 0 aliphatic heterocycles. The number of carbonyl (C=O) groups excluding carboxylic acids is 1. The van der Waals surface area contributed by atoms with E-state index in [1.54, 1.807) is 30.5 Å². The van der Waals surface area contributed by atoms with Gasteiger partial charge in [0.25, 0.3) is 0 Å². The van der Waals surface area contributed by atoms with Crippen molar-refractivity contribution >= 4 is 38.5 Å². The van der Waals surface area contributed by atoms with Crippen LogP contribution in [-0.2, 0) is 0 Å². The molecular formula is C16H11BrN2O2. The summed E-state index contributed by atoms with van der Waals surface area (Å²) in [7, 11) is 0. The third-order valence-electron chi connectivity index (χ3n) is 2.93. The molecule has 1 amide bonds. The van der Waals surface area contributed by atoms with Gasteiger partial charge in [-0.1, -0.05) is 42.5 Å². The third-order valence-corrected chi connectivity index (χ3v) is 3.54. The number of benzene rings is 2. The second-order valence-corrected chi connectivity index (χ2v) is 5.09. The highest BCUT2D eigenvalue weighted by Crippen LogP contribution is 2.29. The van der Waals surface area contributed by atoms with E-state index in [1.807, 2.05) is 30.3 Å². The van der Waals surface area contributed by atoms with E-state index in [0.717, 1.165) is 10.8 Å². The van der Waals surface area contributed by atoms with Crippen LogP contribution in [0.2, 0.25) is 0 Å². The molecule has 5 heteroatoms. The Labute approximate surface area is 129 Å². The molecule has 1 N–H and O–H groups in total. The van der Waals surface area contributed by atoms with Gasteiger partial charge in [-0.3, -0.25) is 5.32 Å². The molecule has 0 bridgehead atoms. The maximum absolute atomic E-state index is 12.0. The van der Waals surface area contributed by atoms with Crippen molar-refractivity contribution in [3.8, 4) is 5.75 Å². The molecule has 3 aromatic rings. The van der Waals surface area contributed by atoms with Gasteiger partial charge in [-0.25, -0.2) is 9.78 Å². The Balaban J connectivity index is 1.88. The summed E-state index contributed by atoms with van der Waals surface area (Å²) in [5.41, 5.74) is 0.592. The van der Waals surface area contributed by atoms with Crippen molar-refractivity contribution in [2.24, 2.45) is 0 Å². The molecule has 21 heavy (non-hydrogen) atoms. The molecule has 0 radical (unpaired) electrons. The van der Waals surface area contributed by atoms with Gasteiger partial charge in [0.15, 0.2) is 0 Å². The van der Waals surface area contributed by atoms with Crippen molar-refractivity contribution in [1.29, 1.82) is 0 Å². The number of carbonyl (C=O) groups is 1. The van der Waals surface area contributed by atoms with Gasteiger partial charge in [0.2, 0.25) is 0 Å². The third kappa shape index (κ3) is 3.03. The number of nitrogens with zero attached hydrogens (tertiary/aromatic N) is 1. The highest BCUT2D eigenvalue weighted by molar-refractivity contribution is 9.10. The van der Waals surface area contributed by atoms with Gasteiger partial charge in [-0.15, -0.1) is 0 Å². The van der Waals surface area contributed by atoms with Gasteiger partial charge in [-0.05, 0) is 28.1 Å². The lowest BCUT2D eigenvalue weighted by Gasteiger charge is -2.10. The minimum atomic E-state index is -0.556. The minimum Gasteiger partial charge on any atom is -0.410 e. The van der Waals surface area contributed by atoms with Crippen molar-refractivity contribution in [1.82, 2.24) is 4.98 Å². The smallest absolute Gasteiger partial charge is 0.410 e. The summed E-state index contributed by atoms with van der Waals surface area (Å²) in [6.07, 6.45) is 1.19. The number of aromatic nitrogens is 1. The summed E-state index contributed by atoms with van der Waals surface area (Å²) in [5.74, 6) is 0.485. The fraction of sp³-hybridized carbons (Fsp3) is 0. The zero-order valence-corrected chi connectivity index (χ0v) is 12.5. The molecule has 0 aliphatic carbocycles. The molecule has 1 aromatic heterocycles. The van der Waals surface area contributed by atoms with Crippen LogP contribution < -0.4 is 10.1 Å². The lowest BCUT2D eigenvalue weighted by Crippen LogP contribution is -2.17. The molecule has 0 unspecified atom stereocenters. The lowest BCUT2D eigenvalue weighted by molar-refractivity contribution is 0.215. The summed E-state index contributed by atoms with van der Waals surface area (Å²) >= 11 is 3.35. The summed E-state index contributed by atoms with van der Waals surface area (Å²) in [4.78, 5) is 16.2. The summed E-state index contributed by atoms with van der Waals surface area (Å²) in [6, 6.07) is 16.6. The maximum Gasteiger partial charge on any atom is 0.417 e. The maximum atomic E-state index is 12.0. The van der Waals surface area contributed by atoms with Crippen LogP contribution in [0.5, 0.6) is 5.75 Å². The number of nitrogens with one attached hydrogen (secondary N) is 1. The summed E-state index contributed by atoms with van der Waals surface area (Å²) in [5, 5.41) is 4.56. The molecule has 104 valence electrons. The number of halogens is 1. The van der Waals surface area contributed by atoms with Crippen molar-refractivity contribution in [2.45, 2.75) is 0 Å². The molecule has 0 aliphatic rings. The van der Waals surface area contributed by atoms with Crippen LogP contribution in [0.1, 0.15) is 0 Å². The lowest BCUT2D eigenvalue weighted by atomic mass is 10.1. The Bertz CT molecular complexity index is 791. The SMILES string of the molecule is O=C(Nc1c(Br)ncc2ccccc12)Oc1ccccc1. The summed E-state index contributed by atoms with van der Waals surface area (Å²) < 4.78 is 5.78. The minimum absolute atomic E-state index is 0.485. The van der Waals surface area contributed by atoms with Gasteiger partial charge < -0.3 is 4.74 Å². The summed E-state index contributed by atoms with van der Waals surface area (Å²) in [6.45, 7) is 0. The number of para-hydroxylation sites is 1. The monoisotopic (exact) mass is 342 g/mol. The highest BCUT2D eigenvalue weighted by Gasteiger charge is 2.12. The van der Waals surface area contributed by atoms with E-state index in [0.29, 0.717) is 16.0 Å². The van der Waals surface area contributed by atoms with Crippen LogP contribution in [0.4, 0.5) is 10.5 Å². The van der Waals surface area contributed by atoms with Crippen molar-refractivity contribution in [2.75, 3.05) is 5.32 Å². The van der Waals surface area contributed by atoms with E-state index in [4.69, 9.17) is 4.74 Å². The highest BCUT2D eigenvalue weighted by atomic mass is 79.9. The van der Waals surface area contributed by atoms with Crippen LogP contribution >= 0.6 is 15.9 Å². The standard InChI is InChI=1S/C16H11BrN2O2/c17-15-14(13-9-5-4-6-11(13)10-18-15)19-16(20)21-12-7-2-1-3-8-12/h1-10H,(H,19,20). The number of pyridine rings is 1. The topological polar surface area (TPSA) is 51.2 Å². The number of hydrogen-bond donors (Lipinski definition) is 1. The zero-order valence-electron chi connectivity index (χ0n) is 10.9. The first-order valence-electron chi connectivity index (χ1n) is 6.31. The van der Waals surface area contributed by atoms with Crippen molar-refractivity contribution in [3.05, 3.63) is 65.4 Å². The fourth-order valence-electron chi connectivity index (χ4n) is 1.98. The van der Waals surface area contributed by atoms with E-state index >= 15 is 0 Å². The Kier molecular flexibility index (Phi) is 3.83. The normalized spacial score (nSPS) is 10.3. The first kappa shape index (κ1) is 13.6. The molecule has 0 fully saturated rings. The van der Waals surface area contributed by atoms with E-state index in [9.17, 15) is 4.79 Å². The molecule has 0 spiro atoms.